The second kappa shape index (κ2) is 8.30. The first-order valence-corrected chi connectivity index (χ1v) is 8.91. The van der Waals surface area contributed by atoms with E-state index in [0.29, 0.717) is 5.56 Å². The molecule has 0 fully saturated rings. The molecule has 0 bridgehead atoms. The molecule has 0 saturated heterocycles. The summed E-state index contributed by atoms with van der Waals surface area (Å²) < 4.78 is 38.8. The van der Waals surface area contributed by atoms with Gasteiger partial charge in [0.2, 0.25) is 0 Å². The van der Waals surface area contributed by atoms with Crippen LogP contribution in [0.25, 0.3) is 6.08 Å². The van der Waals surface area contributed by atoms with E-state index in [1.165, 1.54) is 50.3 Å². The molecule has 136 valence electrons. The molecule has 0 N–H and O–H groups in total. The second-order valence-corrected chi connectivity index (χ2v) is 6.51. The Kier molecular flexibility index (Phi) is 6.13. The summed E-state index contributed by atoms with van der Waals surface area (Å²) in [5.41, 5.74) is 0.400. The van der Waals surface area contributed by atoms with Crippen molar-refractivity contribution >= 4 is 28.1 Å². The van der Waals surface area contributed by atoms with Crippen LogP contribution in [0.1, 0.15) is 19.4 Å². The molecule has 0 aliphatic rings. The van der Waals surface area contributed by atoms with Crippen molar-refractivity contribution in [3.05, 3.63) is 59.5 Å². The van der Waals surface area contributed by atoms with Gasteiger partial charge >= 0.3 is 22.1 Å². The third-order valence-electron chi connectivity index (χ3n) is 2.86. The van der Waals surface area contributed by atoms with Crippen molar-refractivity contribution in [1.29, 1.82) is 0 Å². The minimum absolute atomic E-state index is 0.00349. The Balaban J connectivity index is 2.23. The molecule has 2 aromatic carbocycles. The lowest BCUT2D eigenvalue weighted by molar-refractivity contribution is -0.134. The minimum atomic E-state index is -3.97. The average Bonchev–Trinajstić information content (AvgIpc) is 2.55. The molecule has 0 aliphatic carbocycles. The summed E-state index contributed by atoms with van der Waals surface area (Å²) in [6.07, 6.45) is 1.27. The lowest BCUT2D eigenvalue weighted by atomic mass is 10.2. The van der Waals surface area contributed by atoms with E-state index >= 15 is 0 Å². The highest BCUT2D eigenvalue weighted by atomic mass is 32.2. The van der Waals surface area contributed by atoms with Crippen LogP contribution in [0.2, 0.25) is 0 Å². The zero-order chi connectivity index (χ0) is 19.2. The number of carbonyl (C=O) groups excluding carboxylic acids is 2. The number of para-hydroxylation sites is 1. The Hall–Kier alpha value is -3.13. The van der Waals surface area contributed by atoms with Gasteiger partial charge in [-0.3, -0.25) is 9.59 Å². The first kappa shape index (κ1) is 19.2. The molecular weight excluding hydrogens is 360 g/mol. The predicted molar refractivity (Wildman–Crippen MR) is 94.1 cm³/mol. The van der Waals surface area contributed by atoms with E-state index in [4.69, 9.17) is 13.7 Å². The largest absolute Gasteiger partial charge is 0.423 e. The van der Waals surface area contributed by atoms with E-state index in [1.54, 1.807) is 18.2 Å². The zero-order valence-corrected chi connectivity index (χ0v) is 14.9. The van der Waals surface area contributed by atoms with Gasteiger partial charge in [-0.2, -0.15) is 8.42 Å². The van der Waals surface area contributed by atoms with Crippen molar-refractivity contribution in [1.82, 2.24) is 0 Å². The number of hydrogen-bond acceptors (Lipinski definition) is 7. The number of esters is 2. The summed E-state index contributed by atoms with van der Waals surface area (Å²) in [5, 5.41) is 0.873. The Morgan fingerprint density at radius 1 is 0.885 bits per heavy atom. The summed E-state index contributed by atoms with van der Waals surface area (Å²) in [5.74, 6) is -0.965. The molecule has 8 heteroatoms. The molecular formula is C18H16O7S. The molecule has 0 aromatic heterocycles. The number of hydrogen-bond donors (Lipinski definition) is 0. The SMILES string of the molecule is CC(=O)Oc1ccc(/C=C/S(=O)(=O)Oc2ccccc2)cc1OC(C)=O. The summed E-state index contributed by atoms with van der Waals surface area (Å²) in [7, 11) is -3.97. The topological polar surface area (TPSA) is 96.0 Å². The quantitative estimate of drug-likeness (QED) is 0.434. The fourth-order valence-electron chi connectivity index (χ4n) is 1.90. The highest BCUT2D eigenvalue weighted by molar-refractivity contribution is 7.90. The molecule has 26 heavy (non-hydrogen) atoms. The molecule has 0 radical (unpaired) electrons. The second-order valence-electron chi connectivity index (χ2n) is 5.09. The van der Waals surface area contributed by atoms with E-state index < -0.39 is 22.1 Å². The molecule has 0 amide bonds. The van der Waals surface area contributed by atoms with Crippen LogP contribution in [0.15, 0.2) is 53.9 Å². The van der Waals surface area contributed by atoms with Crippen LogP contribution in [0.4, 0.5) is 0 Å². The molecule has 7 nitrogen and oxygen atoms in total. The van der Waals surface area contributed by atoms with Gasteiger partial charge in [0.15, 0.2) is 11.5 Å². The normalized spacial score (nSPS) is 11.2. The van der Waals surface area contributed by atoms with Crippen LogP contribution in [0.3, 0.4) is 0 Å². The highest BCUT2D eigenvalue weighted by Gasteiger charge is 2.12. The minimum Gasteiger partial charge on any atom is -0.423 e. The van der Waals surface area contributed by atoms with E-state index in [9.17, 15) is 18.0 Å². The van der Waals surface area contributed by atoms with Crippen LogP contribution in [0.5, 0.6) is 17.2 Å². The van der Waals surface area contributed by atoms with E-state index in [-0.39, 0.29) is 17.2 Å². The van der Waals surface area contributed by atoms with Crippen molar-refractivity contribution in [2.24, 2.45) is 0 Å². The maximum absolute atomic E-state index is 12.0. The third-order valence-corrected chi connectivity index (χ3v) is 3.75. The van der Waals surface area contributed by atoms with Crippen LogP contribution >= 0.6 is 0 Å². The molecule has 0 aliphatic heterocycles. The van der Waals surface area contributed by atoms with Gasteiger partial charge in [0.25, 0.3) is 0 Å². The molecule has 0 spiro atoms. The molecule has 2 rings (SSSR count). The van der Waals surface area contributed by atoms with Gasteiger partial charge in [-0.05, 0) is 35.9 Å². The van der Waals surface area contributed by atoms with Gasteiger partial charge in [0, 0.05) is 13.8 Å². The van der Waals surface area contributed by atoms with Crippen molar-refractivity contribution < 1.29 is 31.7 Å². The van der Waals surface area contributed by atoms with E-state index in [2.05, 4.69) is 0 Å². The average molecular weight is 376 g/mol. The predicted octanol–water partition coefficient (Wildman–Crippen LogP) is 2.92. The van der Waals surface area contributed by atoms with Gasteiger partial charge in [0.1, 0.15) is 5.75 Å². The van der Waals surface area contributed by atoms with Crippen molar-refractivity contribution in [3.63, 3.8) is 0 Å². The van der Waals surface area contributed by atoms with Crippen molar-refractivity contribution in [2.75, 3.05) is 0 Å². The maximum Gasteiger partial charge on any atom is 0.332 e. The number of rotatable bonds is 6. The van der Waals surface area contributed by atoms with Crippen LogP contribution in [-0.4, -0.2) is 20.4 Å². The summed E-state index contributed by atoms with van der Waals surface area (Å²) >= 11 is 0. The maximum atomic E-state index is 12.0. The lowest BCUT2D eigenvalue weighted by Gasteiger charge is -2.09. The van der Waals surface area contributed by atoms with Gasteiger partial charge in [0.05, 0.1) is 5.41 Å². The van der Waals surface area contributed by atoms with Crippen LogP contribution in [0, 0.1) is 0 Å². The lowest BCUT2D eigenvalue weighted by Crippen LogP contribution is -2.07. The molecule has 0 unspecified atom stereocenters. The summed E-state index contributed by atoms with van der Waals surface area (Å²) in [4.78, 5) is 22.3. The van der Waals surface area contributed by atoms with Gasteiger partial charge in [-0.15, -0.1) is 0 Å². The van der Waals surface area contributed by atoms with Gasteiger partial charge < -0.3 is 13.7 Å². The van der Waals surface area contributed by atoms with Crippen LogP contribution < -0.4 is 13.7 Å². The van der Waals surface area contributed by atoms with Gasteiger partial charge in [-0.25, -0.2) is 0 Å². The zero-order valence-electron chi connectivity index (χ0n) is 14.0. The number of benzene rings is 2. The Morgan fingerprint density at radius 2 is 1.50 bits per heavy atom. The fraction of sp³-hybridized carbons (Fsp3) is 0.111. The standard InChI is InChI=1S/C18H16O7S/c1-13(19)23-17-9-8-15(12-18(17)24-14(2)20)10-11-26(21,22)25-16-6-4-3-5-7-16/h3-12H,1-2H3/b11-10+. The third kappa shape index (κ3) is 6.06. The van der Waals surface area contributed by atoms with Crippen molar-refractivity contribution in [3.8, 4) is 17.2 Å². The molecule has 2 aromatic rings. The first-order valence-electron chi connectivity index (χ1n) is 7.44. The van der Waals surface area contributed by atoms with E-state index in [0.717, 1.165) is 5.41 Å². The monoisotopic (exact) mass is 376 g/mol. The molecule has 0 atom stereocenters. The summed E-state index contributed by atoms with van der Waals surface area (Å²) in [6, 6.07) is 12.3. The van der Waals surface area contributed by atoms with Crippen molar-refractivity contribution in [2.45, 2.75) is 13.8 Å². The Bertz CT molecular complexity index is 931. The number of ether oxygens (including phenoxy) is 2. The first-order chi connectivity index (χ1) is 12.2. The molecule has 0 heterocycles. The smallest absolute Gasteiger partial charge is 0.332 e. The Labute approximate surface area is 150 Å². The Morgan fingerprint density at radius 3 is 2.12 bits per heavy atom. The summed E-state index contributed by atoms with van der Waals surface area (Å²) in [6.45, 7) is 2.40. The fourth-order valence-corrected chi connectivity index (χ4v) is 2.66. The number of carbonyl (C=O) groups is 2. The highest BCUT2D eigenvalue weighted by Crippen LogP contribution is 2.29. The van der Waals surface area contributed by atoms with E-state index in [1.807, 2.05) is 0 Å². The molecule has 0 saturated carbocycles. The van der Waals surface area contributed by atoms with Crippen LogP contribution in [-0.2, 0) is 19.7 Å². The van der Waals surface area contributed by atoms with Gasteiger partial charge in [-0.1, -0.05) is 24.3 Å².